The molecule has 8 heteroatoms. The molecule has 0 atom stereocenters. The topological polar surface area (TPSA) is 65.9 Å². The predicted octanol–water partition coefficient (Wildman–Crippen LogP) is 3.66. The van der Waals surface area contributed by atoms with Crippen molar-refractivity contribution in [2.45, 2.75) is 6.61 Å². The SMILES string of the molecule is N=Cc1c(=O)[nH]c(OCc2c(F)ccc(F)c2F)c2cc(F)ccc12. The maximum absolute atomic E-state index is 13.7. The van der Waals surface area contributed by atoms with Gasteiger partial charge in [0.1, 0.15) is 18.2 Å². The van der Waals surface area contributed by atoms with Crippen LogP contribution in [0.15, 0.2) is 35.1 Å². The van der Waals surface area contributed by atoms with Crippen LogP contribution in [0.25, 0.3) is 10.8 Å². The first-order valence-electron chi connectivity index (χ1n) is 7.03. The number of aromatic amines is 1. The maximum Gasteiger partial charge on any atom is 0.260 e. The minimum atomic E-state index is -1.41. The highest BCUT2D eigenvalue weighted by molar-refractivity contribution is 6.00. The molecule has 0 saturated heterocycles. The summed E-state index contributed by atoms with van der Waals surface area (Å²) in [6.07, 6.45) is 0.800. The molecule has 0 bridgehead atoms. The first kappa shape index (κ1) is 16.7. The van der Waals surface area contributed by atoms with Gasteiger partial charge in [-0.25, -0.2) is 17.6 Å². The van der Waals surface area contributed by atoms with E-state index < -0.39 is 41.0 Å². The Bertz CT molecular complexity index is 1050. The lowest BCUT2D eigenvalue weighted by Gasteiger charge is -2.12. The molecule has 3 aromatic rings. The van der Waals surface area contributed by atoms with Crippen LogP contribution in [0.2, 0.25) is 0 Å². The number of H-pyrrole nitrogens is 1. The Kier molecular flexibility index (Phi) is 4.26. The quantitative estimate of drug-likeness (QED) is 0.428. The molecule has 0 saturated carbocycles. The smallest absolute Gasteiger partial charge is 0.260 e. The van der Waals surface area contributed by atoms with Crippen LogP contribution in [-0.4, -0.2) is 11.2 Å². The second-order valence-corrected chi connectivity index (χ2v) is 5.14. The number of nitrogens with one attached hydrogen (secondary N) is 2. The summed E-state index contributed by atoms with van der Waals surface area (Å²) in [4.78, 5) is 14.3. The zero-order chi connectivity index (χ0) is 18.1. The maximum atomic E-state index is 13.7. The summed E-state index contributed by atoms with van der Waals surface area (Å²) in [5.41, 5.74) is -1.38. The van der Waals surface area contributed by atoms with Crippen molar-refractivity contribution < 1.29 is 22.3 Å². The van der Waals surface area contributed by atoms with Crippen LogP contribution in [0.5, 0.6) is 5.88 Å². The third kappa shape index (κ3) is 2.98. The second kappa shape index (κ2) is 6.39. The van der Waals surface area contributed by atoms with E-state index in [9.17, 15) is 22.4 Å². The first-order chi connectivity index (χ1) is 11.9. The Morgan fingerprint density at radius 3 is 2.48 bits per heavy atom. The largest absolute Gasteiger partial charge is 0.473 e. The van der Waals surface area contributed by atoms with Crippen LogP contribution in [0.1, 0.15) is 11.1 Å². The highest BCUT2D eigenvalue weighted by Gasteiger charge is 2.16. The molecule has 1 heterocycles. The number of aromatic nitrogens is 1. The molecule has 0 fully saturated rings. The van der Waals surface area contributed by atoms with Gasteiger partial charge in [0.05, 0.1) is 11.1 Å². The van der Waals surface area contributed by atoms with E-state index in [2.05, 4.69) is 4.98 Å². The lowest BCUT2D eigenvalue weighted by Crippen LogP contribution is -2.15. The van der Waals surface area contributed by atoms with E-state index in [1.165, 1.54) is 6.07 Å². The van der Waals surface area contributed by atoms with Gasteiger partial charge in [0.15, 0.2) is 11.6 Å². The average molecular weight is 350 g/mol. The van der Waals surface area contributed by atoms with E-state index in [1.807, 2.05) is 0 Å². The lowest BCUT2D eigenvalue weighted by molar-refractivity contribution is 0.281. The minimum absolute atomic E-state index is 0.0227. The van der Waals surface area contributed by atoms with Gasteiger partial charge < -0.3 is 10.1 Å². The van der Waals surface area contributed by atoms with Crippen LogP contribution in [0.4, 0.5) is 17.6 Å². The number of rotatable bonds is 4. The van der Waals surface area contributed by atoms with Crippen molar-refractivity contribution in [1.82, 2.24) is 4.98 Å². The van der Waals surface area contributed by atoms with E-state index >= 15 is 0 Å². The molecular weight excluding hydrogens is 340 g/mol. The van der Waals surface area contributed by atoms with Crippen LogP contribution in [-0.2, 0) is 6.61 Å². The van der Waals surface area contributed by atoms with Crippen LogP contribution in [0, 0.1) is 28.7 Å². The molecule has 0 amide bonds. The standard InChI is InChI=1S/C17H10F4N2O2/c18-8-1-2-9-10(5-8)17(23-16(24)11(9)6-22)25-7-12-13(19)3-4-14(20)15(12)21/h1-6,22H,7H2,(H,23,24). The molecule has 0 aliphatic heterocycles. The van der Waals surface area contributed by atoms with Gasteiger partial charge >= 0.3 is 0 Å². The van der Waals surface area contributed by atoms with Crippen LogP contribution in [0.3, 0.4) is 0 Å². The number of hydrogen-bond acceptors (Lipinski definition) is 3. The molecule has 128 valence electrons. The molecular formula is C17H10F4N2O2. The molecule has 2 N–H and O–H groups in total. The summed E-state index contributed by atoms with van der Waals surface area (Å²) in [6.45, 7) is -0.721. The Labute approximate surface area is 138 Å². The number of ether oxygens (including phenoxy) is 1. The molecule has 0 aliphatic carbocycles. The number of fused-ring (bicyclic) bond motifs is 1. The van der Waals surface area contributed by atoms with Crippen molar-refractivity contribution in [3.05, 3.63) is 75.1 Å². The molecule has 0 unspecified atom stereocenters. The summed E-state index contributed by atoms with van der Waals surface area (Å²) in [7, 11) is 0. The van der Waals surface area contributed by atoms with Gasteiger partial charge in [-0.05, 0) is 24.3 Å². The Balaban J connectivity index is 2.09. The summed E-state index contributed by atoms with van der Waals surface area (Å²) in [5, 5.41) is 7.63. The van der Waals surface area contributed by atoms with Gasteiger partial charge in [-0.1, -0.05) is 6.07 Å². The van der Waals surface area contributed by atoms with Crippen molar-refractivity contribution in [1.29, 1.82) is 5.41 Å². The highest BCUT2D eigenvalue weighted by atomic mass is 19.2. The van der Waals surface area contributed by atoms with Crippen molar-refractivity contribution in [2.24, 2.45) is 0 Å². The van der Waals surface area contributed by atoms with Crippen molar-refractivity contribution >= 4 is 17.0 Å². The summed E-state index contributed by atoms with van der Waals surface area (Å²) < 4.78 is 59.3. The highest BCUT2D eigenvalue weighted by Crippen LogP contribution is 2.26. The molecule has 3 rings (SSSR count). The van der Waals surface area contributed by atoms with Crippen molar-refractivity contribution in [3.8, 4) is 5.88 Å². The third-order valence-corrected chi connectivity index (χ3v) is 3.63. The summed E-state index contributed by atoms with van der Waals surface area (Å²) in [5.74, 6) is -4.55. The van der Waals surface area contributed by atoms with Crippen LogP contribution >= 0.6 is 0 Å². The Morgan fingerprint density at radius 2 is 1.76 bits per heavy atom. The monoisotopic (exact) mass is 350 g/mol. The van der Waals surface area contributed by atoms with Gasteiger partial charge in [-0.15, -0.1) is 0 Å². The van der Waals surface area contributed by atoms with Crippen LogP contribution < -0.4 is 10.3 Å². The zero-order valence-corrected chi connectivity index (χ0v) is 12.5. The van der Waals surface area contributed by atoms with E-state index in [1.54, 1.807) is 0 Å². The van der Waals surface area contributed by atoms with E-state index in [-0.39, 0.29) is 22.2 Å². The van der Waals surface area contributed by atoms with Crippen molar-refractivity contribution in [2.75, 3.05) is 0 Å². The number of benzene rings is 2. The summed E-state index contributed by atoms with van der Waals surface area (Å²) >= 11 is 0. The molecule has 2 aromatic carbocycles. The fourth-order valence-corrected chi connectivity index (χ4v) is 2.40. The van der Waals surface area contributed by atoms with Gasteiger partial charge in [0.2, 0.25) is 5.88 Å². The number of hydrogen-bond donors (Lipinski definition) is 2. The van der Waals surface area contributed by atoms with E-state index in [4.69, 9.17) is 10.1 Å². The van der Waals surface area contributed by atoms with Gasteiger partial charge in [0.25, 0.3) is 5.56 Å². The normalized spacial score (nSPS) is 10.9. The predicted molar refractivity (Wildman–Crippen MR) is 83.1 cm³/mol. The number of halogens is 4. The van der Waals surface area contributed by atoms with Gasteiger partial charge in [-0.2, -0.15) is 0 Å². The number of pyridine rings is 1. The molecule has 1 aromatic heterocycles. The van der Waals surface area contributed by atoms with E-state index in [0.717, 1.165) is 24.4 Å². The molecule has 4 nitrogen and oxygen atoms in total. The van der Waals surface area contributed by atoms with Gasteiger partial charge in [0, 0.05) is 17.0 Å². The fraction of sp³-hybridized carbons (Fsp3) is 0.0588. The van der Waals surface area contributed by atoms with Crippen molar-refractivity contribution in [3.63, 3.8) is 0 Å². The van der Waals surface area contributed by atoms with Gasteiger partial charge in [-0.3, -0.25) is 9.78 Å². The molecule has 0 aliphatic rings. The average Bonchev–Trinajstić information content (AvgIpc) is 2.58. The lowest BCUT2D eigenvalue weighted by atomic mass is 10.1. The third-order valence-electron chi connectivity index (χ3n) is 3.63. The fourth-order valence-electron chi connectivity index (χ4n) is 2.40. The molecule has 0 spiro atoms. The summed E-state index contributed by atoms with van der Waals surface area (Å²) in [6, 6.07) is 4.82. The second-order valence-electron chi connectivity index (χ2n) is 5.14. The molecule has 25 heavy (non-hydrogen) atoms. The zero-order valence-electron chi connectivity index (χ0n) is 12.5. The first-order valence-corrected chi connectivity index (χ1v) is 7.03. The van der Waals surface area contributed by atoms with E-state index in [0.29, 0.717) is 6.07 Å². The Hall–Kier alpha value is -3.16. The molecule has 0 radical (unpaired) electrons. The Morgan fingerprint density at radius 1 is 1.04 bits per heavy atom. The minimum Gasteiger partial charge on any atom is -0.473 e.